The molecular weight excluding hydrogens is 272 g/mol. The summed E-state index contributed by atoms with van der Waals surface area (Å²) in [5.74, 6) is -0.117. The maximum Gasteiger partial charge on any atom is 0.319 e. The number of likely N-dealkylation sites (tertiary alicyclic amines) is 1. The average Bonchev–Trinajstić information content (AvgIpc) is 2.48. The number of hydrogen-bond acceptors (Lipinski definition) is 3. The second-order valence-corrected chi connectivity index (χ2v) is 5.94. The second-order valence-electron chi connectivity index (χ2n) is 5.94. The van der Waals surface area contributed by atoms with Gasteiger partial charge in [-0.05, 0) is 19.8 Å². The first-order chi connectivity index (χ1) is 9.91. The van der Waals surface area contributed by atoms with Crippen molar-refractivity contribution in [1.82, 2.24) is 20.0 Å². The van der Waals surface area contributed by atoms with Crippen molar-refractivity contribution in [3.8, 4) is 0 Å². The minimum absolute atomic E-state index is 0.00776. The molecule has 0 saturated carbocycles. The van der Waals surface area contributed by atoms with Gasteiger partial charge in [0, 0.05) is 46.2 Å². The number of rotatable bonds is 1. The van der Waals surface area contributed by atoms with Gasteiger partial charge in [0.1, 0.15) is 6.04 Å². The van der Waals surface area contributed by atoms with E-state index in [9.17, 15) is 14.4 Å². The van der Waals surface area contributed by atoms with Gasteiger partial charge in [-0.25, -0.2) is 4.79 Å². The standard InChI is InChI=1S/C14H24N4O3/c1-10-12(19)15-6-9-18(10)13(20)11-4-7-17(8-5-11)14(21)16(2)3/h10-11H,4-9H2,1-3H3,(H,15,19). The van der Waals surface area contributed by atoms with Gasteiger partial charge in [-0.3, -0.25) is 9.59 Å². The lowest BCUT2D eigenvalue weighted by Crippen LogP contribution is -2.58. The van der Waals surface area contributed by atoms with Crippen LogP contribution in [-0.4, -0.2) is 78.9 Å². The molecule has 2 saturated heterocycles. The third-order valence-corrected chi connectivity index (χ3v) is 4.28. The molecule has 1 atom stereocenters. The highest BCUT2D eigenvalue weighted by Crippen LogP contribution is 2.22. The summed E-state index contributed by atoms with van der Waals surface area (Å²) >= 11 is 0. The molecular formula is C14H24N4O3. The summed E-state index contributed by atoms with van der Waals surface area (Å²) < 4.78 is 0. The number of carbonyl (C=O) groups excluding carboxylic acids is 3. The van der Waals surface area contributed by atoms with Crippen molar-refractivity contribution in [2.24, 2.45) is 5.92 Å². The minimum Gasteiger partial charge on any atom is -0.353 e. The Morgan fingerprint density at radius 2 is 1.81 bits per heavy atom. The highest BCUT2D eigenvalue weighted by Gasteiger charge is 2.35. The summed E-state index contributed by atoms with van der Waals surface area (Å²) in [6, 6.07) is -0.403. The Morgan fingerprint density at radius 3 is 2.38 bits per heavy atom. The Kier molecular flexibility index (Phi) is 4.69. The topological polar surface area (TPSA) is 73.0 Å². The molecule has 2 fully saturated rings. The zero-order valence-electron chi connectivity index (χ0n) is 13.0. The third-order valence-electron chi connectivity index (χ3n) is 4.28. The van der Waals surface area contributed by atoms with E-state index in [1.54, 1.807) is 35.7 Å². The van der Waals surface area contributed by atoms with E-state index in [4.69, 9.17) is 0 Å². The van der Waals surface area contributed by atoms with Gasteiger partial charge in [-0.1, -0.05) is 0 Å². The van der Waals surface area contributed by atoms with Crippen LogP contribution in [0.4, 0.5) is 4.79 Å². The molecule has 0 aliphatic carbocycles. The highest BCUT2D eigenvalue weighted by atomic mass is 16.2. The summed E-state index contributed by atoms with van der Waals surface area (Å²) in [4.78, 5) is 41.1. The van der Waals surface area contributed by atoms with Crippen LogP contribution >= 0.6 is 0 Å². The Morgan fingerprint density at radius 1 is 1.19 bits per heavy atom. The highest BCUT2D eigenvalue weighted by molar-refractivity contribution is 5.89. The zero-order chi connectivity index (χ0) is 15.6. The first-order valence-electron chi connectivity index (χ1n) is 7.46. The average molecular weight is 296 g/mol. The summed E-state index contributed by atoms with van der Waals surface area (Å²) in [6.07, 6.45) is 1.34. The molecule has 118 valence electrons. The number of urea groups is 1. The Labute approximate surface area is 125 Å². The number of amides is 4. The third kappa shape index (κ3) is 3.28. The van der Waals surface area contributed by atoms with Gasteiger partial charge < -0.3 is 20.0 Å². The smallest absolute Gasteiger partial charge is 0.319 e. The molecule has 4 amide bonds. The number of carbonyl (C=O) groups is 3. The van der Waals surface area contributed by atoms with E-state index in [1.165, 1.54) is 0 Å². The molecule has 0 spiro atoms. The van der Waals surface area contributed by atoms with E-state index in [1.807, 2.05) is 0 Å². The molecule has 2 aliphatic heterocycles. The van der Waals surface area contributed by atoms with Gasteiger partial charge >= 0.3 is 6.03 Å². The molecule has 0 radical (unpaired) electrons. The van der Waals surface area contributed by atoms with Crippen LogP contribution in [0.15, 0.2) is 0 Å². The van der Waals surface area contributed by atoms with E-state index < -0.39 is 6.04 Å². The van der Waals surface area contributed by atoms with Crippen molar-refractivity contribution in [3.63, 3.8) is 0 Å². The van der Waals surface area contributed by atoms with Crippen molar-refractivity contribution >= 4 is 17.8 Å². The van der Waals surface area contributed by atoms with Crippen LogP contribution in [0.3, 0.4) is 0 Å². The molecule has 1 unspecified atom stereocenters. The van der Waals surface area contributed by atoms with E-state index in [-0.39, 0.29) is 23.8 Å². The minimum atomic E-state index is -0.396. The summed E-state index contributed by atoms with van der Waals surface area (Å²) in [5.41, 5.74) is 0. The SMILES string of the molecule is CC1C(=O)NCCN1C(=O)C1CCN(C(=O)N(C)C)CC1. The Hall–Kier alpha value is -1.79. The molecule has 0 aromatic carbocycles. The van der Waals surface area contributed by atoms with Gasteiger partial charge in [-0.2, -0.15) is 0 Å². The fourth-order valence-electron chi connectivity index (χ4n) is 2.92. The second kappa shape index (κ2) is 6.32. The molecule has 1 N–H and O–H groups in total. The van der Waals surface area contributed by atoms with Crippen LogP contribution in [0, 0.1) is 5.92 Å². The molecule has 2 aliphatic rings. The van der Waals surface area contributed by atoms with Crippen LogP contribution in [-0.2, 0) is 9.59 Å². The van der Waals surface area contributed by atoms with Gasteiger partial charge in [0.15, 0.2) is 0 Å². The maximum absolute atomic E-state index is 12.6. The van der Waals surface area contributed by atoms with Crippen LogP contribution in [0.25, 0.3) is 0 Å². The summed E-state index contributed by atoms with van der Waals surface area (Å²) in [5, 5.41) is 2.76. The van der Waals surface area contributed by atoms with Gasteiger partial charge in [0.25, 0.3) is 0 Å². The monoisotopic (exact) mass is 296 g/mol. The number of piperidine rings is 1. The van der Waals surface area contributed by atoms with E-state index in [0.29, 0.717) is 39.0 Å². The van der Waals surface area contributed by atoms with Crippen molar-refractivity contribution in [2.75, 3.05) is 40.3 Å². The quantitative estimate of drug-likeness (QED) is 0.724. The molecule has 21 heavy (non-hydrogen) atoms. The Balaban J connectivity index is 1.91. The first kappa shape index (κ1) is 15.6. The number of nitrogens with zero attached hydrogens (tertiary/aromatic N) is 3. The van der Waals surface area contributed by atoms with E-state index in [0.717, 1.165) is 0 Å². The zero-order valence-corrected chi connectivity index (χ0v) is 13.0. The molecule has 7 heteroatoms. The van der Waals surface area contributed by atoms with Crippen molar-refractivity contribution < 1.29 is 14.4 Å². The number of hydrogen-bond donors (Lipinski definition) is 1. The maximum atomic E-state index is 12.6. The van der Waals surface area contributed by atoms with Crippen molar-refractivity contribution in [3.05, 3.63) is 0 Å². The predicted octanol–water partition coefficient (Wildman–Crippen LogP) is -0.273. The largest absolute Gasteiger partial charge is 0.353 e. The lowest BCUT2D eigenvalue weighted by molar-refractivity contribution is -0.146. The van der Waals surface area contributed by atoms with Crippen molar-refractivity contribution in [2.45, 2.75) is 25.8 Å². The lowest BCUT2D eigenvalue weighted by atomic mass is 9.94. The van der Waals surface area contributed by atoms with Gasteiger partial charge in [0.2, 0.25) is 11.8 Å². The van der Waals surface area contributed by atoms with Crippen LogP contribution in [0.2, 0.25) is 0 Å². The first-order valence-corrected chi connectivity index (χ1v) is 7.46. The number of nitrogens with one attached hydrogen (secondary N) is 1. The fraction of sp³-hybridized carbons (Fsp3) is 0.786. The molecule has 0 bridgehead atoms. The van der Waals surface area contributed by atoms with E-state index >= 15 is 0 Å². The van der Waals surface area contributed by atoms with E-state index in [2.05, 4.69) is 5.32 Å². The van der Waals surface area contributed by atoms with Crippen LogP contribution in [0.5, 0.6) is 0 Å². The Bertz CT molecular complexity index is 430. The number of piperazine rings is 1. The van der Waals surface area contributed by atoms with Gasteiger partial charge in [-0.15, -0.1) is 0 Å². The molecule has 0 aromatic heterocycles. The molecule has 2 heterocycles. The molecule has 0 aromatic rings. The van der Waals surface area contributed by atoms with Gasteiger partial charge in [0.05, 0.1) is 0 Å². The summed E-state index contributed by atoms with van der Waals surface area (Å²) in [7, 11) is 3.46. The predicted molar refractivity (Wildman–Crippen MR) is 77.6 cm³/mol. The van der Waals surface area contributed by atoms with Crippen molar-refractivity contribution in [1.29, 1.82) is 0 Å². The fourth-order valence-corrected chi connectivity index (χ4v) is 2.92. The molecule has 7 nitrogen and oxygen atoms in total. The van der Waals surface area contributed by atoms with Crippen LogP contribution < -0.4 is 5.32 Å². The van der Waals surface area contributed by atoms with Crippen LogP contribution in [0.1, 0.15) is 19.8 Å². The lowest BCUT2D eigenvalue weighted by Gasteiger charge is -2.38. The molecule has 2 rings (SSSR count). The summed E-state index contributed by atoms with van der Waals surface area (Å²) in [6.45, 7) is 4.05. The normalized spacial score (nSPS) is 23.8.